The van der Waals surface area contributed by atoms with Crippen LogP contribution in [0.4, 0.5) is 0 Å². The summed E-state index contributed by atoms with van der Waals surface area (Å²) in [6.45, 7) is 9.17. The molecule has 1 amide bonds. The number of hydrogen-bond acceptors (Lipinski definition) is 4. The largest absolute Gasteiger partial charge is 0.379 e. The highest BCUT2D eigenvalue weighted by molar-refractivity contribution is 14.0. The van der Waals surface area contributed by atoms with Gasteiger partial charge in [0.1, 0.15) is 6.54 Å². The number of nitrogens with zero attached hydrogens (tertiary/aromatic N) is 3. The minimum absolute atomic E-state index is 0. The van der Waals surface area contributed by atoms with Gasteiger partial charge in [0, 0.05) is 45.8 Å². The Morgan fingerprint density at radius 3 is 2.43 bits per heavy atom. The van der Waals surface area contributed by atoms with Gasteiger partial charge in [0.05, 0.1) is 13.2 Å². The summed E-state index contributed by atoms with van der Waals surface area (Å²) < 4.78 is 5.52. The average molecular weight is 509 g/mol. The number of amides is 1. The Bertz CT molecular complexity index is 475. The molecule has 2 fully saturated rings. The van der Waals surface area contributed by atoms with Crippen molar-refractivity contribution in [2.45, 2.75) is 58.0 Å². The van der Waals surface area contributed by atoms with Gasteiger partial charge in [0.15, 0.2) is 5.96 Å². The van der Waals surface area contributed by atoms with E-state index < -0.39 is 0 Å². The van der Waals surface area contributed by atoms with Gasteiger partial charge in [-0.3, -0.25) is 9.69 Å². The van der Waals surface area contributed by atoms with Crippen LogP contribution in [0.15, 0.2) is 4.99 Å². The normalized spacial score (nSPS) is 20.0. The van der Waals surface area contributed by atoms with Crippen LogP contribution >= 0.6 is 24.0 Å². The first-order valence-electron chi connectivity index (χ1n) is 10.5. The molecule has 1 heterocycles. The standard InChI is InChI=1S/C20H39N5O2.HI/c1-16(2)13-18(25-9-11-27-12-10-25)14-21-20(22-15-19(26)24(3)4)23-17-7-5-6-8-17;/h16-18H,5-15H2,1-4H3,(H2,21,22,23);1H. The zero-order chi connectivity index (χ0) is 19.6. The van der Waals surface area contributed by atoms with E-state index in [-0.39, 0.29) is 36.4 Å². The molecule has 1 unspecified atom stereocenters. The maximum absolute atomic E-state index is 12.0. The fourth-order valence-electron chi connectivity index (χ4n) is 3.77. The van der Waals surface area contributed by atoms with Crippen LogP contribution in [0.25, 0.3) is 0 Å². The van der Waals surface area contributed by atoms with E-state index in [2.05, 4.69) is 34.4 Å². The van der Waals surface area contributed by atoms with Crippen molar-refractivity contribution in [1.82, 2.24) is 20.4 Å². The van der Waals surface area contributed by atoms with Crippen LogP contribution in [0.5, 0.6) is 0 Å². The second kappa shape index (κ2) is 13.6. The topological polar surface area (TPSA) is 69.2 Å². The van der Waals surface area contributed by atoms with E-state index in [1.54, 1.807) is 19.0 Å². The van der Waals surface area contributed by atoms with Crippen molar-refractivity contribution in [3.63, 3.8) is 0 Å². The Labute approximate surface area is 188 Å². The minimum Gasteiger partial charge on any atom is -0.379 e. The fraction of sp³-hybridized carbons (Fsp3) is 0.900. The van der Waals surface area contributed by atoms with Gasteiger partial charge >= 0.3 is 0 Å². The van der Waals surface area contributed by atoms with Gasteiger partial charge in [0.25, 0.3) is 0 Å². The smallest absolute Gasteiger partial charge is 0.243 e. The van der Waals surface area contributed by atoms with E-state index in [1.165, 1.54) is 25.7 Å². The predicted octanol–water partition coefficient (Wildman–Crippen LogP) is 1.92. The maximum Gasteiger partial charge on any atom is 0.243 e. The van der Waals surface area contributed by atoms with Crippen molar-refractivity contribution < 1.29 is 9.53 Å². The van der Waals surface area contributed by atoms with Gasteiger partial charge < -0.3 is 20.3 Å². The van der Waals surface area contributed by atoms with E-state index in [0.29, 0.717) is 18.0 Å². The van der Waals surface area contributed by atoms with Crippen LogP contribution in [0.1, 0.15) is 46.0 Å². The molecule has 0 aromatic heterocycles. The fourth-order valence-corrected chi connectivity index (χ4v) is 3.77. The van der Waals surface area contributed by atoms with Crippen LogP contribution in [0.3, 0.4) is 0 Å². The first-order chi connectivity index (χ1) is 13.0. The Kier molecular flexibility index (Phi) is 12.3. The molecular formula is C20H40IN5O2. The van der Waals surface area contributed by atoms with E-state index in [4.69, 9.17) is 4.74 Å². The molecule has 8 heteroatoms. The summed E-state index contributed by atoms with van der Waals surface area (Å²) >= 11 is 0. The average Bonchev–Trinajstić information content (AvgIpc) is 3.15. The number of aliphatic imine (C=N–C) groups is 1. The lowest BCUT2D eigenvalue weighted by Gasteiger charge is -2.36. The number of guanidine groups is 1. The van der Waals surface area contributed by atoms with E-state index in [0.717, 1.165) is 45.2 Å². The third kappa shape index (κ3) is 9.26. The van der Waals surface area contributed by atoms with Crippen molar-refractivity contribution in [3.05, 3.63) is 0 Å². The highest BCUT2D eigenvalue weighted by atomic mass is 127. The molecule has 164 valence electrons. The third-order valence-corrected chi connectivity index (χ3v) is 5.38. The first-order valence-corrected chi connectivity index (χ1v) is 10.5. The highest BCUT2D eigenvalue weighted by Gasteiger charge is 2.23. The van der Waals surface area contributed by atoms with Crippen LogP contribution in [0, 0.1) is 5.92 Å². The first kappa shape index (κ1) is 25.4. The molecule has 0 spiro atoms. The molecule has 1 saturated heterocycles. The van der Waals surface area contributed by atoms with E-state index in [9.17, 15) is 4.79 Å². The van der Waals surface area contributed by atoms with Gasteiger partial charge in [-0.1, -0.05) is 26.7 Å². The Morgan fingerprint density at radius 2 is 1.86 bits per heavy atom. The van der Waals surface area contributed by atoms with E-state index in [1.807, 2.05) is 0 Å². The van der Waals surface area contributed by atoms with Crippen LogP contribution in [0.2, 0.25) is 0 Å². The molecule has 1 atom stereocenters. The molecule has 1 aliphatic heterocycles. The maximum atomic E-state index is 12.0. The number of likely N-dealkylation sites (N-methyl/N-ethyl adjacent to an activating group) is 1. The summed E-state index contributed by atoms with van der Waals surface area (Å²) in [6.07, 6.45) is 6.04. The van der Waals surface area contributed by atoms with Crippen molar-refractivity contribution in [1.29, 1.82) is 0 Å². The number of hydrogen-bond donors (Lipinski definition) is 2. The molecule has 0 bridgehead atoms. The SMILES string of the molecule is CC(C)CC(CNC(=NCC(=O)N(C)C)NC1CCCC1)N1CCOCC1.I. The molecule has 2 aliphatic rings. The number of carbonyl (C=O) groups is 1. The summed E-state index contributed by atoms with van der Waals surface area (Å²) in [4.78, 5) is 20.6. The molecule has 0 aromatic rings. The lowest BCUT2D eigenvalue weighted by Crippen LogP contribution is -2.52. The summed E-state index contributed by atoms with van der Waals surface area (Å²) in [5, 5.41) is 7.08. The molecule has 7 nitrogen and oxygen atoms in total. The van der Waals surface area contributed by atoms with Gasteiger partial charge in [-0.25, -0.2) is 4.99 Å². The van der Waals surface area contributed by atoms with Gasteiger partial charge in [0.2, 0.25) is 5.91 Å². The van der Waals surface area contributed by atoms with Gasteiger partial charge in [-0.2, -0.15) is 0 Å². The lowest BCUT2D eigenvalue weighted by molar-refractivity contribution is -0.127. The van der Waals surface area contributed by atoms with Crippen molar-refractivity contribution >= 4 is 35.8 Å². The quantitative estimate of drug-likeness (QED) is 0.297. The second-order valence-corrected chi connectivity index (χ2v) is 8.39. The highest BCUT2D eigenvalue weighted by Crippen LogP contribution is 2.17. The molecule has 0 aromatic carbocycles. The zero-order valence-electron chi connectivity index (χ0n) is 18.1. The molecule has 2 N–H and O–H groups in total. The summed E-state index contributed by atoms with van der Waals surface area (Å²) in [7, 11) is 3.54. The number of nitrogens with one attached hydrogen (secondary N) is 2. The molecule has 1 saturated carbocycles. The van der Waals surface area contributed by atoms with E-state index >= 15 is 0 Å². The number of rotatable bonds is 8. The predicted molar refractivity (Wildman–Crippen MR) is 125 cm³/mol. The zero-order valence-corrected chi connectivity index (χ0v) is 20.4. The second-order valence-electron chi connectivity index (χ2n) is 8.39. The molecule has 2 rings (SSSR count). The van der Waals surface area contributed by atoms with Crippen molar-refractivity contribution in [3.8, 4) is 0 Å². The van der Waals surface area contributed by atoms with Gasteiger partial charge in [-0.05, 0) is 25.2 Å². The third-order valence-electron chi connectivity index (χ3n) is 5.38. The minimum atomic E-state index is 0. The number of morpholine rings is 1. The van der Waals surface area contributed by atoms with Crippen molar-refractivity contribution in [2.75, 3.05) is 53.5 Å². The molecule has 0 radical (unpaired) electrons. The molecular weight excluding hydrogens is 469 g/mol. The number of ether oxygens (including phenoxy) is 1. The Hall–Kier alpha value is -0.610. The summed E-state index contributed by atoms with van der Waals surface area (Å²) in [6, 6.07) is 0.923. The van der Waals surface area contributed by atoms with Gasteiger partial charge in [-0.15, -0.1) is 24.0 Å². The monoisotopic (exact) mass is 509 g/mol. The Morgan fingerprint density at radius 1 is 1.21 bits per heavy atom. The lowest BCUT2D eigenvalue weighted by atomic mass is 10.0. The van der Waals surface area contributed by atoms with Crippen LogP contribution in [-0.4, -0.2) is 87.2 Å². The number of halogens is 1. The van der Waals surface area contributed by atoms with Crippen LogP contribution in [-0.2, 0) is 9.53 Å². The summed E-state index contributed by atoms with van der Waals surface area (Å²) in [5.74, 6) is 1.44. The molecule has 1 aliphatic carbocycles. The van der Waals surface area contributed by atoms with Crippen molar-refractivity contribution in [2.24, 2.45) is 10.9 Å². The summed E-state index contributed by atoms with van der Waals surface area (Å²) in [5.41, 5.74) is 0. The number of carbonyl (C=O) groups excluding carboxylic acids is 1. The molecule has 28 heavy (non-hydrogen) atoms. The Balaban J connectivity index is 0.00000392. The van der Waals surface area contributed by atoms with Crippen LogP contribution < -0.4 is 10.6 Å².